The minimum Gasteiger partial charge on any atom is -0.378 e. The highest BCUT2D eigenvalue weighted by atomic mass is 32.2. The van der Waals surface area contributed by atoms with E-state index in [0.717, 1.165) is 51.0 Å². The Morgan fingerprint density at radius 3 is 2.42 bits per heavy atom. The van der Waals surface area contributed by atoms with E-state index in [2.05, 4.69) is 31.7 Å². The number of anilines is 1. The lowest BCUT2D eigenvalue weighted by Gasteiger charge is -2.40. The molecule has 0 amide bonds. The molecule has 2 fully saturated rings. The number of aromatic nitrogens is 2. The normalized spacial score (nSPS) is 27.2. The first-order valence-electron chi connectivity index (χ1n) is 11.1. The Morgan fingerprint density at radius 1 is 1.03 bits per heavy atom. The fraction of sp³-hybridized carbons (Fsp3) is 0.565. The second kappa shape index (κ2) is 10.1. The average molecular weight is 445 g/mol. The minimum atomic E-state index is -3.27. The molecule has 3 heterocycles. The van der Waals surface area contributed by atoms with Gasteiger partial charge in [0.05, 0.1) is 19.0 Å². The van der Waals surface area contributed by atoms with Crippen molar-refractivity contribution in [3.05, 3.63) is 54.5 Å². The highest BCUT2D eigenvalue weighted by molar-refractivity contribution is 7.88. The first-order chi connectivity index (χ1) is 15.0. The Balaban J connectivity index is 1.34. The number of pyridine rings is 2. The van der Waals surface area contributed by atoms with Crippen molar-refractivity contribution in [3.63, 3.8) is 0 Å². The lowest BCUT2D eigenvalue weighted by atomic mass is 9.85. The van der Waals surface area contributed by atoms with Gasteiger partial charge in [-0.1, -0.05) is 12.1 Å². The Kier molecular flexibility index (Phi) is 7.20. The van der Waals surface area contributed by atoms with Crippen molar-refractivity contribution in [2.75, 3.05) is 30.9 Å². The van der Waals surface area contributed by atoms with Gasteiger partial charge >= 0.3 is 0 Å². The molecule has 1 saturated carbocycles. The maximum Gasteiger partial charge on any atom is 0.208 e. The summed E-state index contributed by atoms with van der Waals surface area (Å²) in [5.74, 6) is 1.52. The molecule has 0 aromatic carbocycles. The Hall–Kier alpha value is -2.03. The van der Waals surface area contributed by atoms with Crippen LogP contribution >= 0.6 is 0 Å². The van der Waals surface area contributed by atoms with Crippen LogP contribution in [-0.4, -0.2) is 56.5 Å². The van der Waals surface area contributed by atoms with E-state index in [-0.39, 0.29) is 18.1 Å². The van der Waals surface area contributed by atoms with E-state index in [1.165, 1.54) is 11.9 Å². The average Bonchev–Trinajstić information content (AvgIpc) is 2.79. The number of hydrogen-bond donors (Lipinski definition) is 1. The summed E-state index contributed by atoms with van der Waals surface area (Å²) in [6.07, 6.45) is 10.0. The zero-order chi connectivity index (χ0) is 21.7. The molecule has 0 radical (unpaired) electrons. The molecule has 2 atom stereocenters. The van der Waals surface area contributed by atoms with Gasteiger partial charge in [0.25, 0.3) is 0 Å². The first-order valence-corrected chi connectivity index (χ1v) is 13.0. The maximum absolute atomic E-state index is 11.9. The van der Waals surface area contributed by atoms with Gasteiger partial charge in [-0.05, 0) is 56.4 Å². The van der Waals surface area contributed by atoms with Gasteiger partial charge in [-0.3, -0.25) is 4.98 Å². The lowest BCUT2D eigenvalue weighted by Crippen LogP contribution is -2.52. The molecule has 7 nitrogen and oxygen atoms in total. The predicted molar refractivity (Wildman–Crippen MR) is 122 cm³/mol. The van der Waals surface area contributed by atoms with Crippen molar-refractivity contribution >= 4 is 15.8 Å². The highest BCUT2D eigenvalue weighted by Gasteiger charge is 2.33. The summed E-state index contributed by atoms with van der Waals surface area (Å²) in [5, 5.41) is 0. The molecule has 2 unspecified atom stereocenters. The van der Waals surface area contributed by atoms with Crippen LogP contribution in [-0.2, 0) is 14.8 Å². The Morgan fingerprint density at radius 2 is 1.77 bits per heavy atom. The van der Waals surface area contributed by atoms with Gasteiger partial charge in [-0.15, -0.1) is 0 Å². The highest BCUT2D eigenvalue weighted by Crippen LogP contribution is 2.33. The largest absolute Gasteiger partial charge is 0.378 e. The third-order valence-electron chi connectivity index (χ3n) is 6.40. The number of nitrogens with one attached hydrogen (secondary N) is 1. The zero-order valence-electron chi connectivity index (χ0n) is 18.1. The van der Waals surface area contributed by atoms with Crippen LogP contribution in [0.1, 0.15) is 43.7 Å². The van der Waals surface area contributed by atoms with Crippen LogP contribution in [0.3, 0.4) is 0 Å². The van der Waals surface area contributed by atoms with Gasteiger partial charge in [-0.25, -0.2) is 18.1 Å². The van der Waals surface area contributed by atoms with E-state index in [1.807, 2.05) is 30.5 Å². The molecular weight excluding hydrogens is 412 g/mol. The van der Waals surface area contributed by atoms with Gasteiger partial charge in [0, 0.05) is 49.1 Å². The smallest absolute Gasteiger partial charge is 0.208 e. The third-order valence-corrected chi connectivity index (χ3v) is 7.13. The van der Waals surface area contributed by atoms with E-state index >= 15 is 0 Å². The Bertz CT molecular complexity index is 918. The van der Waals surface area contributed by atoms with Gasteiger partial charge < -0.3 is 9.64 Å². The number of rotatable bonds is 7. The third kappa shape index (κ3) is 6.24. The molecule has 168 valence electrons. The van der Waals surface area contributed by atoms with Gasteiger partial charge in [0.1, 0.15) is 5.82 Å². The molecule has 1 aliphatic carbocycles. The van der Waals surface area contributed by atoms with Crippen LogP contribution in [0.4, 0.5) is 5.82 Å². The molecule has 2 aromatic heterocycles. The number of ether oxygens (including phenoxy) is 1. The van der Waals surface area contributed by atoms with Crippen LogP contribution in [0.15, 0.2) is 48.8 Å². The molecule has 1 aliphatic heterocycles. The van der Waals surface area contributed by atoms with E-state index in [4.69, 9.17) is 4.74 Å². The molecule has 1 saturated heterocycles. The van der Waals surface area contributed by atoms with Crippen LogP contribution in [0.25, 0.3) is 0 Å². The quantitative estimate of drug-likeness (QED) is 0.707. The summed E-state index contributed by atoms with van der Waals surface area (Å²) >= 11 is 0. The zero-order valence-corrected chi connectivity index (χ0v) is 18.9. The number of piperidine rings is 1. The maximum atomic E-state index is 11.9. The number of nitrogens with zero attached hydrogens (tertiary/aromatic N) is 3. The van der Waals surface area contributed by atoms with Crippen LogP contribution in [0, 0.1) is 5.92 Å². The summed E-state index contributed by atoms with van der Waals surface area (Å²) < 4.78 is 32.9. The molecule has 1 N–H and O–H groups in total. The first kappa shape index (κ1) is 22.2. The molecule has 2 aliphatic rings. The van der Waals surface area contributed by atoms with Crippen molar-refractivity contribution in [2.45, 2.75) is 50.2 Å². The van der Waals surface area contributed by atoms with Crippen molar-refractivity contribution in [2.24, 2.45) is 5.92 Å². The van der Waals surface area contributed by atoms with Crippen molar-refractivity contribution in [3.8, 4) is 0 Å². The van der Waals surface area contributed by atoms with Gasteiger partial charge in [0.2, 0.25) is 10.0 Å². The fourth-order valence-corrected chi connectivity index (χ4v) is 5.64. The summed E-state index contributed by atoms with van der Waals surface area (Å²) in [5.41, 5.74) is 1.18. The lowest BCUT2D eigenvalue weighted by molar-refractivity contribution is -0.00232. The fourth-order valence-electron chi connectivity index (χ4n) is 4.78. The van der Waals surface area contributed by atoms with Gasteiger partial charge in [-0.2, -0.15) is 0 Å². The van der Waals surface area contributed by atoms with Crippen LogP contribution in [0.2, 0.25) is 0 Å². The second-order valence-corrected chi connectivity index (χ2v) is 10.5. The van der Waals surface area contributed by atoms with E-state index < -0.39 is 10.0 Å². The van der Waals surface area contributed by atoms with E-state index in [1.54, 1.807) is 6.20 Å². The molecule has 31 heavy (non-hydrogen) atoms. The monoisotopic (exact) mass is 444 g/mol. The number of sulfonamides is 1. The van der Waals surface area contributed by atoms with Crippen LogP contribution < -0.4 is 9.62 Å². The van der Waals surface area contributed by atoms with Crippen LogP contribution in [0.5, 0.6) is 0 Å². The second-order valence-electron chi connectivity index (χ2n) is 8.74. The topological polar surface area (TPSA) is 84.4 Å². The minimum absolute atomic E-state index is 0.0824. The molecule has 2 aromatic rings. The number of hydrogen-bond acceptors (Lipinski definition) is 6. The SMILES string of the molecule is CS(=O)(=O)NC1CCN(c2ccccn2)CC1CO[C@H]1CC[C@@H](c2ccccn2)CC1. The predicted octanol–water partition coefficient (Wildman–Crippen LogP) is 2.96. The Labute approximate surface area is 185 Å². The van der Waals surface area contributed by atoms with Crippen molar-refractivity contribution in [1.82, 2.24) is 14.7 Å². The van der Waals surface area contributed by atoms with Crippen molar-refractivity contribution < 1.29 is 13.2 Å². The molecule has 0 spiro atoms. The molecular formula is C23H32N4O3S. The van der Waals surface area contributed by atoms with E-state index in [0.29, 0.717) is 12.5 Å². The summed E-state index contributed by atoms with van der Waals surface area (Å²) in [7, 11) is -3.27. The molecule has 8 heteroatoms. The van der Waals surface area contributed by atoms with E-state index in [9.17, 15) is 8.42 Å². The summed E-state index contributed by atoms with van der Waals surface area (Å²) in [6.45, 7) is 2.05. The standard InChI is InChI=1S/C23H32N4O3S/c1-31(28,29)26-22-12-15-27(23-7-3-5-14-25-23)16-19(22)17-30-20-10-8-18(9-11-20)21-6-2-4-13-24-21/h2-7,13-14,18-20,22,26H,8-12,15-17H2,1H3/t18-,19?,20+,22?. The van der Waals surface area contributed by atoms with Crippen molar-refractivity contribution in [1.29, 1.82) is 0 Å². The summed E-state index contributed by atoms with van der Waals surface area (Å²) in [6, 6.07) is 11.9. The summed E-state index contributed by atoms with van der Waals surface area (Å²) in [4.78, 5) is 11.2. The molecule has 4 rings (SSSR count). The molecule has 0 bridgehead atoms. The van der Waals surface area contributed by atoms with Gasteiger partial charge in [0.15, 0.2) is 0 Å².